The van der Waals surface area contributed by atoms with Gasteiger partial charge in [0.2, 0.25) is 0 Å². The minimum atomic E-state index is 0.560. The fraction of sp³-hybridized carbons (Fsp3) is 0. The molecule has 70 heavy (non-hydrogen) atoms. The van der Waals surface area contributed by atoms with Crippen LogP contribution in [0.5, 0.6) is 0 Å². The Hall–Kier alpha value is -8.75. The highest BCUT2D eigenvalue weighted by Gasteiger charge is 2.24. The third-order valence-corrected chi connectivity index (χ3v) is 16.6. The fourth-order valence-corrected chi connectivity index (χ4v) is 13.5. The lowest BCUT2D eigenvalue weighted by Gasteiger charge is -2.13. The van der Waals surface area contributed by atoms with Crippen LogP contribution in [0.4, 0.5) is 0 Å². The summed E-state index contributed by atoms with van der Waals surface area (Å²) in [5.41, 5.74) is 7.72. The van der Waals surface area contributed by atoms with Gasteiger partial charge >= 0.3 is 0 Å². The monoisotopic (exact) mass is 926 g/mol. The molecule has 11 aromatic carbocycles. The SMILES string of the molecule is c1ccc2cc3c(cc2c1)c1cc2ccccc2cc1n3-c1ccc2cc(-c3nc(-c4cccc5sc6ccccc6c45)nc(-c4cccc5sc6ccccc6c45)n3)c3oc4ccccc4c3c2c1. The lowest BCUT2D eigenvalue weighted by atomic mass is 9.98. The van der Waals surface area contributed by atoms with E-state index >= 15 is 0 Å². The molecule has 0 bridgehead atoms. The zero-order valence-electron chi connectivity index (χ0n) is 37.1. The lowest BCUT2D eigenvalue weighted by Crippen LogP contribution is -2.01. The van der Waals surface area contributed by atoms with Crippen LogP contribution >= 0.6 is 22.7 Å². The molecule has 0 fully saturated rings. The maximum Gasteiger partial charge on any atom is 0.167 e. The van der Waals surface area contributed by atoms with Gasteiger partial charge in [-0.3, -0.25) is 0 Å². The Morgan fingerprint density at radius 3 is 1.40 bits per heavy atom. The van der Waals surface area contributed by atoms with E-state index in [9.17, 15) is 0 Å². The zero-order chi connectivity index (χ0) is 45.6. The molecule has 5 heterocycles. The van der Waals surface area contributed by atoms with Crippen molar-refractivity contribution in [3.63, 3.8) is 0 Å². The average molecular weight is 927 g/mol. The summed E-state index contributed by atoms with van der Waals surface area (Å²) < 4.78 is 14.3. The second kappa shape index (κ2) is 14.4. The van der Waals surface area contributed by atoms with Crippen molar-refractivity contribution in [3.8, 4) is 39.9 Å². The summed E-state index contributed by atoms with van der Waals surface area (Å²) in [7, 11) is 0. The third-order valence-electron chi connectivity index (χ3n) is 14.4. The molecule has 0 aliphatic heterocycles. The molecule has 0 aliphatic carbocycles. The average Bonchev–Trinajstić information content (AvgIpc) is 4.18. The van der Waals surface area contributed by atoms with E-state index in [4.69, 9.17) is 19.4 Å². The van der Waals surface area contributed by atoms with Gasteiger partial charge in [0.25, 0.3) is 0 Å². The Morgan fingerprint density at radius 2 is 0.814 bits per heavy atom. The van der Waals surface area contributed by atoms with Crippen molar-refractivity contribution in [2.24, 2.45) is 0 Å². The maximum absolute atomic E-state index is 7.03. The zero-order valence-corrected chi connectivity index (χ0v) is 38.8. The second-order valence-electron chi connectivity index (χ2n) is 18.3. The summed E-state index contributed by atoms with van der Waals surface area (Å²) in [5.74, 6) is 1.80. The molecule has 0 N–H and O–H groups in total. The van der Waals surface area contributed by atoms with Crippen LogP contribution in [0.25, 0.3) is 156 Å². The highest BCUT2D eigenvalue weighted by molar-refractivity contribution is 7.26. The molecule has 0 saturated heterocycles. The van der Waals surface area contributed by atoms with E-state index < -0.39 is 0 Å². The molecule has 0 radical (unpaired) electrons. The second-order valence-corrected chi connectivity index (χ2v) is 20.4. The van der Waals surface area contributed by atoms with E-state index in [-0.39, 0.29) is 0 Å². The number of benzene rings is 11. The molecular formula is C63H34N4OS2. The standard InChI is InChI=1S/C63H34N4OS2/c1-3-15-37-32-50-47(29-35(37)13-1)48-30-36-14-2-4-16-38(36)33-51(48)67(50)40-28-27-39-31-49(60-59(46(39)34-40)41-17-5-8-22-52(41)68-60)63-65-61(44-20-11-25-55-57(44)42-18-6-9-23-53(42)69-55)64-62(66-63)45-21-12-26-56-58(45)43-19-7-10-24-54(43)70-56/h1-34H. The first-order valence-electron chi connectivity index (χ1n) is 23.5. The first-order chi connectivity index (χ1) is 34.7. The van der Waals surface area contributed by atoms with Crippen molar-refractivity contribution in [1.82, 2.24) is 19.5 Å². The minimum absolute atomic E-state index is 0.560. The normalized spacial score (nSPS) is 12.3. The highest BCUT2D eigenvalue weighted by atomic mass is 32.1. The number of thiophene rings is 2. The van der Waals surface area contributed by atoms with Gasteiger partial charge in [-0.1, -0.05) is 133 Å². The van der Waals surface area contributed by atoms with Crippen molar-refractivity contribution in [1.29, 1.82) is 0 Å². The van der Waals surface area contributed by atoms with Crippen LogP contribution in [0.2, 0.25) is 0 Å². The van der Waals surface area contributed by atoms with Gasteiger partial charge in [0, 0.05) is 78.7 Å². The van der Waals surface area contributed by atoms with Crippen molar-refractivity contribution < 1.29 is 4.42 Å². The van der Waals surface area contributed by atoms with Crippen LogP contribution in [0, 0.1) is 0 Å². The largest absolute Gasteiger partial charge is 0.455 e. The van der Waals surface area contributed by atoms with Crippen LogP contribution in [-0.2, 0) is 0 Å². The van der Waals surface area contributed by atoms with Gasteiger partial charge in [0.1, 0.15) is 11.2 Å². The topological polar surface area (TPSA) is 56.7 Å². The fourth-order valence-electron chi connectivity index (χ4n) is 11.2. The molecule has 0 atom stereocenters. The van der Waals surface area contributed by atoms with E-state index in [1.165, 1.54) is 72.9 Å². The van der Waals surface area contributed by atoms with Crippen LogP contribution in [0.15, 0.2) is 211 Å². The molecule has 5 nitrogen and oxygen atoms in total. The van der Waals surface area contributed by atoms with Crippen molar-refractivity contribution in [2.75, 3.05) is 0 Å². The number of hydrogen-bond donors (Lipinski definition) is 0. The smallest absolute Gasteiger partial charge is 0.167 e. The molecule has 0 aliphatic rings. The number of para-hydroxylation sites is 1. The third kappa shape index (κ3) is 5.50. The van der Waals surface area contributed by atoms with E-state index in [1.54, 1.807) is 22.7 Å². The summed E-state index contributed by atoms with van der Waals surface area (Å²) in [6, 6.07) is 74.4. The van der Waals surface area contributed by atoms with E-state index in [2.05, 4.69) is 205 Å². The molecule has 0 amide bonds. The first-order valence-corrected chi connectivity index (χ1v) is 25.1. The molecule has 0 unspecified atom stereocenters. The lowest BCUT2D eigenvalue weighted by molar-refractivity contribution is 0.670. The quantitative estimate of drug-likeness (QED) is 0.176. The number of furan rings is 1. The predicted octanol–water partition coefficient (Wildman–Crippen LogP) is 18.1. The summed E-state index contributed by atoms with van der Waals surface area (Å²) >= 11 is 3.59. The molecule has 5 aromatic heterocycles. The van der Waals surface area contributed by atoms with Gasteiger partial charge in [0.15, 0.2) is 17.5 Å². The Labute approximate surface area is 406 Å². The van der Waals surface area contributed by atoms with Gasteiger partial charge < -0.3 is 8.98 Å². The van der Waals surface area contributed by atoms with Gasteiger partial charge in [-0.2, -0.15) is 0 Å². The maximum atomic E-state index is 7.03. The van der Waals surface area contributed by atoms with E-state index in [1.807, 2.05) is 6.07 Å². The summed E-state index contributed by atoms with van der Waals surface area (Å²) in [6.45, 7) is 0. The van der Waals surface area contributed by atoms with Gasteiger partial charge in [0.05, 0.1) is 16.6 Å². The summed E-state index contributed by atoms with van der Waals surface area (Å²) in [4.78, 5) is 16.4. The number of aromatic nitrogens is 4. The van der Waals surface area contributed by atoms with Gasteiger partial charge in [-0.05, 0) is 105 Å². The number of nitrogens with zero attached hydrogens (tertiary/aromatic N) is 4. The van der Waals surface area contributed by atoms with Crippen molar-refractivity contribution in [2.45, 2.75) is 0 Å². The van der Waals surface area contributed by atoms with Crippen LogP contribution in [-0.4, -0.2) is 19.5 Å². The van der Waals surface area contributed by atoms with Crippen LogP contribution in [0.3, 0.4) is 0 Å². The van der Waals surface area contributed by atoms with E-state index in [0.29, 0.717) is 17.5 Å². The Balaban J connectivity index is 0.987. The Morgan fingerprint density at radius 1 is 0.329 bits per heavy atom. The molecule has 0 saturated carbocycles. The van der Waals surface area contributed by atoms with Gasteiger partial charge in [-0.25, -0.2) is 15.0 Å². The van der Waals surface area contributed by atoms with Crippen molar-refractivity contribution >= 4 is 139 Å². The minimum Gasteiger partial charge on any atom is -0.455 e. The molecule has 0 spiro atoms. The Kier molecular flexibility index (Phi) is 7.86. The molecule has 7 heteroatoms. The number of fused-ring (bicyclic) bond motifs is 16. The molecule has 16 aromatic rings. The van der Waals surface area contributed by atoms with E-state index in [0.717, 1.165) is 65.9 Å². The van der Waals surface area contributed by atoms with Crippen LogP contribution < -0.4 is 0 Å². The predicted molar refractivity (Wildman–Crippen MR) is 296 cm³/mol. The van der Waals surface area contributed by atoms with Crippen molar-refractivity contribution in [3.05, 3.63) is 206 Å². The molecule has 16 rings (SSSR count). The highest BCUT2D eigenvalue weighted by Crippen LogP contribution is 2.46. The molecular weight excluding hydrogens is 893 g/mol. The molecule has 324 valence electrons. The van der Waals surface area contributed by atoms with Gasteiger partial charge in [-0.15, -0.1) is 22.7 Å². The summed E-state index contributed by atoms with van der Waals surface area (Å²) in [5, 5.41) is 16.2. The van der Waals surface area contributed by atoms with Crippen LogP contribution in [0.1, 0.15) is 0 Å². The number of rotatable bonds is 4. The number of hydrogen-bond acceptors (Lipinski definition) is 6. The first kappa shape index (κ1) is 38.2. The summed E-state index contributed by atoms with van der Waals surface area (Å²) in [6.07, 6.45) is 0. The Bertz CT molecular complexity index is 4690.